The van der Waals surface area contributed by atoms with Gasteiger partial charge in [0.05, 0.1) is 0 Å². The highest BCUT2D eigenvalue weighted by Gasteiger charge is 2.18. The molecule has 1 N–H and O–H groups in total. The largest absolute Gasteiger partial charge is 0.489 e. The lowest BCUT2D eigenvalue weighted by molar-refractivity contribution is 0.170. The summed E-state index contributed by atoms with van der Waals surface area (Å²) in [6.45, 7) is 1.55. The van der Waals surface area contributed by atoms with Crippen molar-refractivity contribution < 1.29 is 9.13 Å². The Morgan fingerprint density at radius 2 is 1.90 bits per heavy atom. The van der Waals surface area contributed by atoms with E-state index >= 15 is 0 Å². The number of halogens is 1. The molecule has 2 aromatic carbocycles. The maximum atomic E-state index is 12.8. The fourth-order valence-electron chi connectivity index (χ4n) is 2.50. The second-order valence-electron chi connectivity index (χ2n) is 5.14. The van der Waals surface area contributed by atoms with Crippen LogP contribution in [-0.2, 0) is 13.0 Å². The number of rotatable bonds is 4. The van der Waals surface area contributed by atoms with Crippen LogP contribution in [0, 0.1) is 5.82 Å². The van der Waals surface area contributed by atoms with E-state index in [0.717, 1.165) is 37.2 Å². The normalized spacial score (nSPS) is 17.4. The van der Waals surface area contributed by atoms with Gasteiger partial charge in [-0.25, -0.2) is 4.39 Å². The van der Waals surface area contributed by atoms with Crippen LogP contribution in [0.2, 0.25) is 0 Å². The van der Waals surface area contributed by atoms with Crippen LogP contribution in [0.3, 0.4) is 0 Å². The third-order valence-corrected chi connectivity index (χ3v) is 3.62. The van der Waals surface area contributed by atoms with Crippen LogP contribution in [0.15, 0.2) is 48.5 Å². The minimum atomic E-state index is -0.194. The molecule has 0 saturated carbocycles. The Hall–Kier alpha value is -1.87. The molecule has 3 rings (SSSR count). The van der Waals surface area contributed by atoms with Crippen molar-refractivity contribution in [3.05, 3.63) is 65.5 Å². The Kier molecular flexibility index (Phi) is 3.97. The van der Waals surface area contributed by atoms with E-state index in [1.165, 1.54) is 17.7 Å². The van der Waals surface area contributed by atoms with Crippen LogP contribution >= 0.6 is 0 Å². The summed E-state index contributed by atoms with van der Waals surface area (Å²) in [7, 11) is 0. The molecule has 3 heteroatoms. The lowest BCUT2D eigenvalue weighted by Crippen LogP contribution is -2.33. The first-order chi connectivity index (χ1) is 9.81. The van der Waals surface area contributed by atoms with E-state index in [0.29, 0.717) is 0 Å². The predicted octanol–water partition coefficient (Wildman–Crippen LogP) is 3.31. The predicted molar refractivity (Wildman–Crippen MR) is 77.3 cm³/mol. The zero-order valence-corrected chi connectivity index (χ0v) is 11.3. The first-order valence-corrected chi connectivity index (χ1v) is 7.01. The van der Waals surface area contributed by atoms with E-state index in [4.69, 9.17) is 4.74 Å². The second kappa shape index (κ2) is 6.06. The number of nitrogens with one attached hydrogen (secondary N) is 1. The fourth-order valence-corrected chi connectivity index (χ4v) is 2.50. The van der Waals surface area contributed by atoms with E-state index in [9.17, 15) is 4.39 Å². The van der Waals surface area contributed by atoms with Gasteiger partial charge in [0.25, 0.3) is 0 Å². The molecule has 0 aromatic heterocycles. The minimum Gasteiger partial charge on any atom is -0.489 e. The molecular weight excluding hydrogens is 253 g/mol. The van der Waals surface area contributed by atoms with Gasteiger partial charge in [0.15, 0.2) is 0 Å². The fraction of sp³-hybridized carbons (Fsp3) is 0.294. The van der Waals surface area contributed by atoms with Crippen molar-refractivity contribution in [2.75, 3.05) is 6.54 Å². The van der Waals surface area contributed by atoms with Gasteiger partial charge in [0.2, 0.25) is 0 Å². The zero-order valence-electron chi connectivity index (χ0n) is 11.3. The van der Waals surface area contributed by atoms with Gasteiger partial charge < -0.3 is 10.1 Å². The molecule has 0 aliphatic carbocycles. The Bertz CT molecular complexity index is 567. The van der Waals surface area contributed by atoms with Crippen LogP contribution in [0.4, 0.5) is 4.39 Å². The number of para-hydroxylation sites is 1. The SMILES string of the molecule is Fc1ccc(CNC[C@@H]2CCc3ccccc3O2)cc1. The molecule has 1 atom stereocenters. The van der Waals surface area contributed by atoms with Gasteiger partial charge in [-0.15, -0.1) is 0 Å². The number of hydrogen-bond acceptors (Lipinski definition) is 2. The van der Waals surface area contributed by atoms with Crippen molar-refractivity contribution in [2.24, 2.45) is 0 Å². The maximum Gasteiger partial charge on any atom is 0.123 e. The van der Waals surface area contributed by atoms with Gasteiger partial charge in [0, 0.05) is 13.1 Å². The Morgan fingerprint density at radius 3 is 2.75 bits per heavy atom. The molecule has 0 amide bonds. The Labute approximate surface area is 118 Å². The molecule has 2 nitrogen and oxygen atoms in total. The standard InChI is InChI=1S/C17H18FNO/c18-15-8-5-13(6-9-15)11-19-12-16-10-7-14-3-1-2-4-17(14)20-16/h1-6,8-9,16,19H,7,10-12H2/t16-/m0/s1. The molecule has 0 fully saturated rings. The first kappa shape index (κ1) is 13.1. The van der Waals surface area contributed by atoms with Crippen molar-refractivity contribution in [3.63, 3.8) is 0 Å². The third-order valence-electron chi connectivity index (χ3n) is 3.62. The van der Waals surface area contributed by atoms with Gasteiger partial charge in [-0.1, -0.05) is 30.3 Å². The highest BCUT2D eigenvalue weighted by Crippen LogP contribution is 2.26. The molecule has 1 aliphatic heterocycles. The summed E-state index contributed by atoms with van der Waals surface area (Å²) in [4.78, 5) is 0. The lowest BCUT2D eigenvalue weighted by atomic mass is 10.0. The quantitative estimate of drug-likeness (QED) is 0.921. The van der Waals surface area contributed by atoms with E-state index in [1.807, 2.05) is 12.1 Å². The molecule has 0 saturated heterocycles. The number of benzene rings is 2. The van der Waals surface area contributed by atoms with Crippen molar-refractivity contribution >= 4 is 0 Å². The number of fused-ring (bicyclic) bond motifs is 1. The van der Waals surface area contributed by atoms with Gasteiger partial charge in [-0.3, -0.25) is 0 Å². The molecule has 1 heterocycles. The summed E-state index contributed by atoms with van der Waals surface area (Å²) in [5.41, 5.74) is 2.38. The molecule has 0 bridgehead atoms. The topological polar surface area (TPSA) is 21.3 Å². The van der Waals surface area contributed by atoms with Gasteiger partial charge in [0.1, 0.15) is 17.7 Å². The average Bonchev–Trinajstić information content (AvgIpc) is 2.49. The molecule has 0 spiro atoms. The van der Waals surface area contributed by atoms with Crippen molar-refractivity contribution in [3.8, 4) is 5.75 Å². The van der Waals surface area contributed by atoms with Crippen molar-refractivity contribution in [2.45, 2.75) is 25.5 Å². The minimum absolute atomic E-state index is 0.194. The summed E-state index contributed by atoms with van der Waals surface area (Å²) < 4.78 is 18.8. The molecule has 0 unspecified atom stereocenters. The number of hydrogen-bond donors (Lipinski definition) is 1. The highest BCUT2D eigenvalue weighted by atomic mass is 19.1. The third kappa shape index (κ3) is 3.17. The van der Waals surface area contributed by atoms with Crippen molar-refractivity contribution in [1.82, 2.24) is 5.32 Å². The average molecular weight is 271 g/mol. The monoisotopic (exact) mass is 271 g/mol. The van der Waals surface area contributed by atoms with E-state index in [-0.39, 0.29) is 11.9 Å². The van der Waals surface area contributed by atoms with Crippen LogP contribution < -0.4 is 10.1 Å². The zero-order chi connectivity index (χ0) is 13.8. The van der Waals surface area contributed by atoms with E-state index < -0.39 is 0 Å². The number of ether oxygens (including phenoxy) is 1. The smallest absolute Gasteiger partial charge is 0.123 e. The number of aryl methyl sites for hydroxylation is 1. The van der Waals surface area contributed by atoms with Gasteiger partial charge in [-0.05, 0) is 42.2 Å². The van der Waals surface area contributed by atoms with E-state index in [2.05, 4.69) is 17.4 Å². The molecule has 20 heavy (non-hydrogen) atoms. The highest BCUT2D eigenvalue weighted by molar-refractivity contribution is 5.35. The Morgan fingerprint density at radius 1 is 1.10 bits per heavy atom. The van der Waals surface area contributed by atoms with Crippen molar-refractivity contribution in [1.29, 1.82) is 0 Å². The maximum absolute atomic E-state index is 12.8. The van der Waals surface area contributed by atoms with Crippen LogP contribution in [0.25, 0.3) is 0 Å². The lowest BCUT2D eigenvalue weighted by Gasteiger charge is -2.26. The van der Waals surface area contributed by atoms with Gasteiger partial charge in [-0.2, -0.15) is 0 Å². The second-order valence-corrected chi connectivity index (χ2v) is 5.14. The van der Waals surface area contributed by atoms with Crippen LogP contribution in [0.1, 0.15) is 17.5 Å². The van der Waals surface area contributed by atoms with Crippen LogP contribution in [-0.4, -0.2) is 12.6 Å². The summed E-state index contributed by atoms with van der Waals surface area (Å²) in [5, 5.41) is 3.37. The summed E-state index contributed by atoms with van der Waals surface area (Å²) >= 11 is 0. The summed E-state index contributed by atoms with van der Waals surface area (Å²) in [5.74, 6) is 0.813. The molecule has 1 aliphatic rings. The van der Waals surface area contributed by atoms with Crippen LogP contribution in [0.5, 0.6) is 5.75 Å². The molecule has 104 valence electrons. The summed E-state index contributed by atoms with van der Waals surface area (Å²) in [6.07, 6.45) is 2.32. The molecular formula is C17H18FNO. The molecule has 2 aromatic rings. The molecule has 0 radical (unpaired) electrons. The van der Waals surface area contributed by atoms with E-state index in [1.54, 1.807) is 12.1 Å². The summed E-state index contributed by atoms with van der Waals surface area (Å²) in [6, 6.07) is 14.8. The Balaban J connectivity index is 1.49. The first-order valence-electron chi connectivity index (χ1n) is 7.01. The van der Waals surface area contributed by atoms with Gasteiger partial charge >= 0.3 is 0 Å².